The first-order valence-corrected chi connectivity index (χ1v) is 10.1. The number of carbonyl (C=O) groups excluding carboxylic acids is 1. The second-order valence-corrected chi connectivity index (χ2v) is 9.38. The number of rotatable bonds is 4. The van der Waals surface area contributed by atoms with Gasteiger partial charge < -0.3 is 15.4 Å². The van der Waals surface area contributed by atoms with Crippen LogP contribution in [0, 0.1) is 0 Å². The number of halogens is 1. The third kappa shape index (κ3) is 4.23. The number of alkyl carbamates (subject to hydrolysis) is 1. The molecule has 1 aromatic heterocycles. The maximum atomic E-state index is 12.3. The lowest BCUT2D eigenvalue weighted by Gasteiger charge is -2.43. The first-order chi connectivity index (χ1) is 11.7. The van der Waals surface area contributed by atoms with Crippen LogP contribution in [-0.2, 0) is 22.0 Å². The van der Waals surface area contributed by atoms with E-state index in [0.29, 0.717) is 29.4 Å². The van der Waals surface area contributed by atoms with Gasteiger partial charge in [-0.3, -0.25) is 4.21 Å². The van der Waals surface area contributed by atoms with Crippen LogP contribution in [0.3, 0.4) is 0 Å². The van der Waals surface area contributed by atoms with Crippen LogP contribution >= 0.6 is 11.6 Å². The summed E-state index contributed by atoms with van der Waals surface area (Å²) >= 11 is 6.02. The predicted molar refractivity (Wildman–Crippen MR) is 96.5 cm³/mol. The number of ether oxygens (including phenoxy) is 1. The lowest BCUT2D eigenvalue weighted by molar-refractivity contribution is 0.0506. The average molecular weight is 387 g/mol. The number of aryl methyl sites for hydroxylation is 1. The Morgan fingerprint density at radius 2 is 2.08 bits per heavy atom. The zero-order valence-electron chi connectivity index (χ0n) is 14.6. The van der Waals surface area contributed by atoms with E-state index in [0.717, 1.165) is 25.0 Å². The summed E-state index contributed by atoms with van der Waals surface area (Å²) in [5, 5.41) is 6.35. The van der Waals surface area contributed by atoms with Crippen LogP contribution in [-0.4, -0.2) is 43.7 Å². The summed E-state index contributed by atoms with van der Waals surface area (Å²) in [4.78, 5) is 21.0. The van der Waals surface area contributed by atoms with Crippen LogP contribution in [0.1, 0.15) is 45.7 Å². The fourth-order valence-corrected chi connectivity index (χ4v) is 4.50. The number of aromatic nitrogens is 2. The van der Waals surface area contributed by atoms with Crippen molar-refractivity contribution in [3.63, 3.8) is 0 Å². The van der Waals surface area contributed by atoms with Gasteiger partial charge in [0.2, 0.25) is 5.28 Å². The second kappa shape index (κ2) is 6.72. The zero-order chi connectivity index (χ0) is 18.2. The summed E-state index contributed by atoms with van der Waals surface area (Å²) in [6.45, 7) is 5.88. The molecule has 9 heteroatoms. The molecule has 1 fully saturated rings. The number of carbonyl (C=O) groups is 1. The van der Waals surface area contributed by atoms with E-state index in [4.69, 9.17) is 16.3 Å². The highest BCUT2D eigenvalue weighted by molar-refractivity contribution is 7.85. The first kappa shape index (κ1) is 18.4. The largest absolute Gasteiger partial charge is 0.444 e. The molecule has 25 heavy (non-hydrogen) atoms. The molecule has 1 unspecified atom stereocenters. The smallest absolute Gasteiger partial charge is 0.407 e. The normalized spacial score (nSPS) is 21.2. The van der Waals surface area contributed by atoms with E-state index in [2.05, 4.69) is 20.6 Å². The Balaban J connectivity index is 1.73. The van der Waals surface area contributed by atoms with Gasteiger partial charge in [-0.2, -0.15) is 4.98 Å². The summed E-state index contributed by atoms with van der Waals surface area (Å²) in [5.74, 6) is 1.07. The molecule has 138 valence electrons. The van der Waals surface area contributed by atoms with Crippen LogP contribution in [0.5, 0.6) is 0 Å². The van der Waals surface area contributed by atoms with Crippen molar-refractivity contribution in [2.24, 2.45) is 0 Å². The van der Waals surface area contributed by atoms with Gasteiger partial charge in [0.05, 0.1) is 22.0 Å². The van der Waals surface area contributed by atoms with Gasteiger partial charge in [0.15, 0.2) is 0 Å². The molecule has 1 aliphatic heterocycles. The molecule has 2 heterocycles. The third-order valence-corrected chi connectivity index (χ3v) is 5.95. The maximum absolute atomic E-state index is 12.3. The van der Waals surface area contributed by atoms with Crippen LogP contribution in [0.15, 0.2) is 4.90 Å². The minimum atomic E-state index is -1.11. The Kier molecular flexibility index (Phi) is 4.94. The van der Waals surface area contributed by atoms with Gasteiger partial charge in [0, 0.05) is 18.7 Å². The van der Waals surface area contributed by atoms with Crippen LogP contribution in [0.25, 0.3) is 0 Å². The molecule has 0 saturated heterocycles. The van der Waals surface area contributed by atoms with Crippen molar-refractivity contribution < 1.29 is 13.7 Å². The van der Waals surface area contributed by atoms with Crippen molar-refractivity contribution >= 4 is 34.3 Å². The summed E-state index contributed by atoms with van der Waals surface area (Å²) in [6, 6.07) is 0. The van der Waals surface area contributed by atoms with E-state index in [9.17, 15) is 9.00 Å². The number of amides is 1. The van der Waals surface area contributed by atoms with Crippen molar-refractivity contribution in [1.29, 1.82) is 0 Å². The van der Waals surface area contributed by atoms with E-state index in [1.807, 2.05) is 20.8 Å². The SMILES string of the molecule is CC(C)(C)OC(=O)NCC1(Nc2nc(Cl)nc3c2S(=O)CC3)CCC1. The van der Waals surface area contributed by atoms with Crippen molar-refractivity contribution in [3.05, 3.63) is 11.0 Å². The second-order valence-electron chi connectivity index (χ2n) is 7.53. The Hall–Kier alpha value is -1.41. The molecule has 2 N–H and O–H groups in total. The molecule has 2 aliphatic rings. The standard InChI is InChI=1S/C16H23ClN4O3S/c1-15(2,3)24-14(22)18-9-16(6-4-7-16)21-12-11-10(5-8-25(11)23)19-13(17)20-12/h4-9H2,1-3H3,(H,18,22)(H,19,20,21). The number of hydrogen-bond acceptors (Lipinski definition) is 6. The van der Waals surface area contributed by atoms with E-state index in [1.54, 1.807) is 0 Å². The number of fused-ring (bicyclic) bond motifs is 1. The van der Waals surface area contributed by atoms with E-state index in [1.165, 1.54) is 0 Å². The molecule has 7 nitrogen and oxygen atoms in total. The van der Waals surface area contributed by atoms with Crippen molar-refractivity contribution in [1.82, 2.24) is 15.3 Å². The summed E-state index contributed by atoms with van der Waals surface area (Å²) in [5.41, 5.74) is -0.118. The van der Waals surface area contributed by atoms with Gasteiger partial charge in [-0.15, -0.1) is 0 Å². The first-order valence-electron chi connectivity index (χ1n) is 8.37. The molecule has 1 aromatic rings. The van der Waals surface area contributed by atoms with Crippen molar-refractivity contribution in [2.45, 2.75) is 62.5 Å². The van der Waals surface area contributed by atoms with Gasteiger partial charge in [-0.25, -0.2) is 9.78 Å². The maximum Gasteiger partial charge on any atom is 0.407 e. The van der Waals surface area contributed by atoms with Gasteiger partial charge in [-0.1, -0.05) is 0 Å². The number of anilines is 1. The van der Waals surface area contributed by atoms with Crippen molar-refractivity contribution in [2.75, 3.05) is 17.6 Å². The molecule has 0 radical (unpaired) electrons. The van der Waals surface area contributed by atoms with E-state index in [-0.39, 0.29) is 10.8 Å². The minimum Gasteiger partial charge on any atom is -0.444 e. The van der Waals surface area contributed by atoms with Crippen LogP contribution < -0.4 is 10.6 Å². The molecule has 1 amide bonds. The average Bonchev–Trinajstić information content (AvgIpc) is 2.81. The summed E-state index contributed by atoms with van der Waals surface area (Å²) in [7, 11) is -1.11. The zero-order valence-corrected chi connectivity index (χ0v) is 16.2. The summed E-state index contributed by atoms with van der Waals surface area (Å²) in [6.07, 6.45) is 3.00. The molecule has 0 spiro atoms. The fraction of sp³-hybridized carbons (Fsp3) is 0.688. The Bertz CT molecular complexity index is 716. The molecular formula is C16H23ClN4O3S. The predicted octanol–water partition coefficient (Wildman–Crippen LogP) is 2.65. The Morgan fingerprint density at radius 3 is 2.68 bits per heavy atom. The summed E-state index contributed by atoms with van der Waals surface area (Å²) < 4.78 is 17.6. The van der Waals surface area contributed by atoms with Gasteiger partial charge in [-0.05, 0) is 51.6 Å². The third-order valence-electron chi connectivity index (χ3n) is 4.32. The molecule has 3 rings (SSSR count). The van der Waals surface area contributed by atoms with Crippen LogP contribution in [0.4, 0.5) is 10.6 Å². The lowest BCUT2D eigenvalue weighted by Crippen LogP contribution is -2.54. The number of nitrogens with one attached hydrogen (secondary N) is 2. The highest BCUT2D eigenvalue weighted by atomic mass is 35.5. The molecular weight excluding hydrogens is 364 g/mol. The quantitative estimate of drug-likeness (QED) is 0.772. The molecule has 1 saturated carbocycles. The highest BCUT2D eigenvalue weighted by Crippen LogP contribution is 2.38. The number of hydrogen-bond donors (Lipinski definition) is 2. The fourth-order valence-electron chi connectivity index (χ4n) is 3.01. The van der Waals surface area contributed by atoms with E-state index < -0.39 is 22.5 Å². The minimum absolute atomic E-state index is 0.148. The van der Waals surface area contributed by atoms with Crippen molar-refractivity contribution in [3.8, 4) is 0 Å². The van der Waals surface area contributed by atoms with Gasteiger partial charge in [0.25, 0.3) is 0 Å². The molecule has 0 bridgehead atoms. The molecule has 1 aliphatic carbocycles. The van der Waals surface area contributed by atoms with E-state index >= 15 is 0 Å². The number of nitrogens with zero attached hydrogens (tertiary/aromatic N) is 2. The van der Waals surface area contributed by atoms with Crippen LogP contribution in [0.2, 0.25) is 5.28 Å². The molecule has 0 aromatic carbocycles. The van der Waals surface area contributed by atoms with Gasteiger partial charge >= 0.3 is 6.09 Å². The monoisotopic (exact) mass is 386 g/mol. The topological polar surface area (TPSA) is 93.2 Å². The van der Waals surface area contributed by atoms with Gasteiger partial charge in [0.1, 0.15) is 16.3 Å². The Morgan fingerprint density at radius 1 is 1.36 bits per heavy atom. The lowest BCUT2D eigenvalue weighted by atomic mass is 9.76. The Labute approximate surface area is 154 Å². The highest BCUT2D eigenvalue weighted by Gasteiger charge is 2.40. The molecule has 1 atom stereocenters.